The number of hydrogen-bond donors (Lipinski definition) is 2. The molecule has 1 rings (SSSR count). The van der Waals surface area contributed by atoms with Gasteiger partial charge in [-0.1, -0.05) is 162 Å². The van der Waals surface area contributed by atoms with Crippen LogP contribution >= 0.6 is 0 Å². The Kier molecular flexibility index (Phi) is 35.1. The molecule has 0 fully saturated rings. The Bertz CT molecular complexity index is 1070. The van der Waals surface area contributed by atoms with Crippen LogP contribution in [0.15, 0.2) is 12.1 Å². The van der Waals surface area contributed by atoms with Crippen molar-refractivity contribution in [3.63, 3.8) is 0 Å². The van der Waals surface area contributed by atoms with Crippen molar-refractivity contribution < 1.29 is 38.9 Å². The molecule has 0 aliphatic heterocycles. The molecule has 0 amide bonds. The van der Waals surface area contributed by atoms with Crippen molar-refractivity contribution in [1.29, 1.82) is 0 Å². The molecule has 54 heavy (non-hydrogen) atoms. The van der Waals surface area contributed by atoms with Gasteiger partial charge in [-0.2, -0.15) is 0 Å². The zero-order chi connectivity index (χ0) is 40.1. The van der Waals surface area contributed by atoms with Crippen molar-refractivity contribution in [2.24, 2.45) is 0 Å². The van der Waals surface area contributed by atoms with E-state index in [-0.39, 0.29) is 23.1 Å². The smallest absolute Gasteiger partial charge is 0.336 e. The lowest BCUT2D eigenvalue weighted by molar-refractivity contribution is -0.146. The molecule has 0 unspecified atom stereocenters. The highest BCUT2D eigenvalue weighted by Crippen LogP contribution is 2.25. The third-order valence-electron chi connectivity index (χ3n) is 9.97. The average molecular weight is 761 g/mol. The number of benzene rings is 1. The van der Waals surface area contributed by atoms with Crippen molar-refractivity contribution >= 4 is 23.9 Å². The van der Waals surface area contributed by atoms with Gasteiger partial charge in [-0.3, -0.25) is 9.59 Å². The molecule has 0 saturated heterocycles. The van der Waals surface area contributed by atoms with Gasteiger partial charge in [-0.15, -0.1) is 0 Å². The number of carbonyl (C=O) groups excluding carboxylic acids is 2. The van der Waals surface area contributed by atoms with Crippen LogP contribution in [0.1, 0.15) is 239 Å². The zero-order valence-corrected chi connectivity index (χ0v) is 35.1. The van der Waals surface area contributed by atoms with E-state index in [0.717, 1.165) is 75.3 Å². The number of carboxylic acids is 2. The molecule has 8 nitrogen and oxygen atoms in total. The molecule has 2 N–H and O–H groups in total. The van der Waals surface area contributed by atoms with E-state index in [9.17, 15) is 29.4 Å². The van der Waals surface area contributed by atoms with Gasteiger partial charge in [0.05, 0.1) is 24.3 Å². The van der Waals surface area contributed by atoms with Crippen LogP contribution in [-0.4, -0.2) is 47.3 Å². The quantitative estimate of drug-likeness (QED) is 0.0517. The second-order valence-corrected chi connectivity index (χ2v) is 15.0. The Hall–Kier alpha value is -2.90. The summed E-state index contributed by atoms with van der Waals surface area (Å²) < 4.78 is 10.4. The lowest BCUT2D eigenvalue weighted by atomic mass is 9.89. The van der Waals surface area contributed by atoms with Gasteiger partial charge in [0.1, 0.15) is 0 Å². The minimum absolute atomic E-state index is 0.00420. The molecule has 0 saturated carbocycles. The number of ether oxygens (including phenoxy) is 2. The van der Waals surface area contributed by atoms with E-state index < -0.39 is 11.9 Å². The topological polar surface area (TPSA) is 127 Å². The van der Waals surface area contributed by atoms with Crippen LogP contribution in [0.4, 0.5) is 0 Å². The molecule has 8 heteroatoms. The fourth-order valence-corrected chi connectivity index (χ4v) is 6.63. The summed E-state index contributed by atoms with van der Waals surface area (Å²) in [6, 6.07) is 3.32. The van der Waals surface area contributed by atoms with Gasteiger partial charge in [0.25, 0.3) is 0 Å². The molecule has 1 aromatic carbocycles. The normalized spacial score (nSPS) is 10.8. The third-order valence-corrected chi connectivity index (χ3v) is 9.97. The number of aryl methyl sites for hydroxylation is 1. The maximum atomic E-state index is 11.9. The molecule has 312 valence electrons. The van der Waals surface area contributed by atoms with E-state index >= 15 is 0 Å². The lowest BCUT2D eigenvalue weighted by Crippen LogP contribution is -2.14. The highest BCUT2D eigenvalue weighted by Gasteiger charge is 2.22. The average Bonchev–Trinajstić information content (AvgIpc) is 3.15. The molecule has 0 aliphatic carbocycles. The first-order chi connectivity index (χ1) is 26.2. The number of hydrogen-bond acceptors (Lipinski definition) is 6. The largest absolute Gasteiger partial charge is 0.478 e. The predicted octanol–water partition coefficient (Wildman–Crippen LogP) is 13.2. The second kappa shape index (κ2) is 37.0. The summed E-state index contributed by atoms with van der Waals surface area (Å²) >= 11 is 0. The third kappa shape index (κ3) is 28.5. The number of rotatable bonds is 35. The number of aromatic carboxylic acids is 2. The van der Waals surface area contributed by atoms with Gasteiger partial charge in [-0.05, 0) is 68.6 Å². The maximum Gasteiger partial charge on any atom is 0.336 e. The molecule has 0 aliphatic rings. The van der Waals surface area contributed by atoms with Crippen molar-refractivity contribution in [3.05, 3.63) is 34.4 Å². The van der Waals surface area contributed by atoms with E-state index in [0.29, 0.717) is 45.3 Å². The van der Waals surface area contributed by atoms with E-state index in [2.05, 4.69) is 27.7 Å². The number of carboxylic acid groups (broad SMARTS) is 2. The first kappa shape index (κ1) is 51.1. The summed E-state index contributed by atoms with van der Waals surface area (Å²) in [6.07, 6.45) is 31.9. The molecule has 0 spiro atoms. The summed E-state index contributed by atoms with van der Waals surface area (Å²) in [5, 5.41) is 19.1. The molecule has 0 radical (unpaired) electrons. The van der Waals surface area contributed by atoms with Crippen molar-refractivity contribution in [1.82, 2.24) is 0 Å². The second-order valence-electron chi connectivity index (χ2n) is 15.0. The van der Waals surface area contributed by atoms with Crippen LogP contribution in [0.2, 0.25) is 0 Å². The van der Waals surface area contributed by atoms with Gasteiger partial charge < -0.3 is 19.7 Å². The molecule has 0 aromatic heterocycles. The van der Waals surface area contributed by atoms with Crippen LogP contribution in [0.5, 0.6) is 0 Å². The van der Waals surface area contributed by atoms with E-state index in [1.54, 1.807) is 0 Å². The molecule has 0 atom stereocenters. The van der Waals surface area contributed by atoms with Crippen molar-refractivity contribution in [2.75, 3.05) is 13.2 Å². The summed E-state index contributed by atoms with van der Waals surface area (Å²) in [7, 11) is 0. The monoisotopic (exact) mass is 761 g/mol. The molecule has 0 heterocycles. The zero-order valence-electron chi connectivity index (χ0n) is 35.1. The Balaban J connectivity index is 0.00000104. The van der Waals surface area contributed by atoms with Crippen LogP contribution in [0, 0.1) is 0 Å². The molecule has 0 bridgehead atoms. The van der Waals surface area contributed by atoms with Crippen molar-refractivity contribution in [2.45, 2.75) is 220 Å². The first-order valence-corrected chi connectivity index (χ1v) is 22.2. The van der Waals surface area contributed by atoms with Gasteiger partial charge in [0.15, 0.2) is 0 Å². The van der Waals surface area contributed by atoms with Gasteiger partial charge in [0, 0.05) is 12.8 Å². The highest BCUT2D eigenvalue weighted by atomic mass is 16.5. The Morgan fingerprint density at radius 3 is 1.20 bits per heavy atom. The first-order valence-electron chi connectivity index (χ1n) is 22.2. The molecular formula is C46H80O8. The van der Waals surface area contributed by atoms with Crippen LogP contribution in [0.3, 0.4) is 0 Å². The van der Waals surface area contributed by atoms with Crippen LogP contribution in [-0.2, 0) is 31.9 Å². The van der Waals surface area contributed by atoms with E-state index in [1.165, 1.54) is 102 Å². The summed E-state index contributed by atoms with van der Waals surface area (Å²) in [6.45, 7) is 9.86. The van der Waals surface area contributed by atoms with Crippen LogP contribution < -0.4 is 0 Å². The summed E-state index contributed by atoms with van der Waals surface area (Å²) in [5.41, 5.74) is 1.69. The fraction of sp³-hybridized carbons (Fsp3) is 0.783. The van der Waals surface area contributed by atoms with Gasteiger partial charge in [-0.25, -0.2) is 9.59 Å². The SMILES string of the molecule is CCCCCCCCOC(=O)CCCCC(=O)OCCCCCCCC.CCCCCCCCc1ccc(C(=O)O)c(C(=O)O)c1CCCCCCCC. The minimum atomic E-state index is -1.16. The summed E-state index contributed by atoms with van der Waals surface area (Å²) in [4.78, 5) is 46.6. The highest BCUT2D eigenvalue weighted by molar-refractivity contribution is 6.03. The van der Waals surface area contributed by atoms with E-state index in [1.807, 2.05) is 6.07 Å². The summed E-state index contributed by atoms with van der Waals surface area (Å²) in [5.74, 6) is -2.56. The van der Waals surface area contributed by atoms with Gasteiger partial charge in [0.2, 0.25) is 0 Å². The maximum absolute atomic E-state index is 11.9. The molecular weight excluding hydrogens is 680 g/mol. The fourth-order valence-electron chi connectivity index (χ4n) is 6.63. The Morgan fingerprint density at radius 1 is 0.444 bits per heavy atom. The van der Waals surface area contributed by atoms with Crippen LogP contribution in [0.25, 0.3) is 0 Å². The van der Waals surface area contributed by atoms with Gasteiger partial charge >= 0.3 is 23.9 Å². The lowest BCUT2D eigenvalue weighted by Gasteiger charge is -2.15. The predicted molar refractivity (Wildman–Crippen MR) is 222 cm³/mol. The number of esters is 2. The van der Waals surface area contributed by atoms with Crippen molar-refractivity contribution in [3.8, 4) is 0 Å². The standard InChI is InChI=1S/C24H38O4.C22H42O4/c1-3-5-7-9-11-13-15-19-17-18-21(23(25)26)22(24(27)28)20(19)16-14-12-10-8-6-4-2;1-3-5-7-9-11-15-19-25-21(23)17-13-14-18-22(24)26-20-16-12-10-8-6-4-2/h17-18H,3-16H2,1-2H3,(H,25,26)(H,27,28);3-20H2,1-2H3. The minimum Gasteiger partial charge on any atom is -0.478 e. The number of carbonyl (C=O) groups is 4. The number of unbranched alkanes of at least 4 members (excludes halogenated alkanes) is 21. The Labute approximate surface area is 329 Å². The Morgan fingerprint density at radius 2 is 0.815 bits per heavy atom. The van der Waals surface area contributed by atoms with E-state index in [4.69, 9.17) is 9.47 Å². The molecule has 1 aromatic rings.